The second-order valence-corrected chi connectivity index (χ2v) is 6.21. The van der Waals surface area contributed by atoms with Crippen molar-refractivity contribution in [2.75, 3.05) is 26.8 Å². The molecule has 0 heterocycles. The number of hydrogen-bond donors (Lipinski definition) is 2. The lowest BCUT2D eigenvalue weighted by molar-refractivity contribution is -0.0706. The topological polar surface area (TPSA) is 50.7 Å². The second-order valence-electron chi connectivity index (χ2n) is 5.29. The maximum absolute atomic E-state index is 9.90. The molecule has 1 fully saturated rings. The number of rotatable bonds is 8. The van der Waals surface area contributed by atoms with Crippen molar-refractivity contribution in [1.29, 1.82) is 0 Å². The van der Waals surface area contributed by atoms with Gasteiger partial charge in [0.2, 0.25) is 0 Å². The van der Waals surface area contributed by atoms with Crippen molar-refractivity contribution >= 4 is 15.9 Å². The predicted molar refractivity (Wildman–Crippen MR) is 82.1 cm³/mol. The monoisotopic (exact) mass is 343 g/mol. The van der Waals surface area contributed by atoms with Crippen LogP contribution in [0, 0.1) is 0 Å². The van der Waals surface area contributed by atoms with E-state index in [0.717, 1.165) is 29.6 Å². The molecule has 1 aromatic rings. The van der Waals surface area contributed by atoms with Gasteiger partial charge in [0.1, 0.15) is 18.5 Å². The van der Waals surface area contributed by atoms with E-state index in [1.807, 2.05) is 24.3 Å². The number of methoxy groups -OCH3 is 1. The molecule has 4 nitrogen and oxygen atoms in total. The van der Waals surface area contributed by atoms with Crippen molar-refractivity contribution in [3.05, 3.63) is 28.7 Å². The van der Waals surface area contributed by atoms with Crippen LogP contribution < -0.4 is 10.1 Å². The normalized spacial score (nSPS) is 18.4. The van der Waals surface area contributed by atoms with Crippen LogP contribution in [0.2, 0.25) is 0 Å². The highest BCUT2D eigenvalue weighted by Gasteiger charge is 2.36. The first-order chi connectivity index (χ1) is 9.63. The van der Waals surface area contributed by atoms with E-state index in [2.05, 4.69) is 21.2 Å². The minimum atomic E-state index is -0.525. The standard InChI is InChI=1S/C15H22BrNO3/c1-19-15(6-3-7-15)11-17-9-13(18)10-20-14-5-2-4-12(16)8-14/h2,4-5,8,13,17-18H,3,6-7,9-11H2,1H3. The smallest absolute Gasteiger partial charge is 0.120 e. The van der Waals surface area contributed by atoms with Crippen LogP contribution in [0.3, 0.4) is 0 Å². The molecular weight excluding hydrogens is 322 g/mol. The van der Waals surface area contributed by atoms with Crippen LogP contribution in [0.1, 0.15) is 19.3 Å². The molecule has 0 amide bonds. The van der Waals surface area contributed by atoms with Gasteiger partial charge in [-0.3, -0.25) is 0 Å². The van der Waals surface area contributed by atoms with Gasteiger partial charge in [0.25, 0.3) is 0 Å². The van der Waals surface area contributed by atoms with Crippen LogP contribution in [-0.2, 0) is 4.74 Å². The summed E-state index contributed by atoms with van der Waals surface area (Å²) in [5.74, 6) is 0.755. The summed E-state index contributed by atoms with van der Waals surface area (Å²) in [6.45, 7) is 1.58. The van der Waals surface area contributed by atoms with Crippen molar-refractivity contribution in [2.24, 2.45) is 0 Å². The van der Waals surface area contributed by atoms with Crippen molar-refractivity contribution in [3.8, 4) is 5.75 Å². The fourth-order valence-electron chi connectivity index (χ4n) is 2.30. The Morgan fingerprint density at radius 3 is 2.85 bits per heavy atom. The third kappa shape index (κ3) is 4.45. The maximum Gasteiger partial charge on any atom is 0.120 e. The Labute approximate surface area is 128 Å². The molecule has 0 aliphatic heterocycles. The van der Waals surface area contributed by atoms with Gasteiger partial charge in [-0.15, -0.1) is 0 Å². The maximum atomic E-state index is 9.90. The zero-order valence-electron chi connectivity index (χ0n) is 11.8. The molecule has 2 rings (SSSR count). The second kappa shape index (κ2) is 7.41. The Balaban J connectivity index is 1.64. The molecule has 1 aliphatic rings. The van der Waals surface area contributed by atoms with Gasteiger partial charge in [0, 0.05) is 24.7 Å². The molecule has 0 spiro atoms. The quantitative estimate of drug-likeness (QED) is 0.760. The highest BCUT2D eigenvalue weighted by molar-refractivity contribution is 9.10. The Morgan fingerprint density at radius 1 is 1.45 bits per heavy atom. The lowest BCUT2D eigenvalue weighted by Gasteiger charge is -2.40. The first kappa shape index (κ1) is 15.8. The molecule has 0 saturated heterocycles. The average Bonchev–Trinajstić information content (AvgIpc) is 2.40. The van der Waals surface area contributed by atoms with Crippen LogP contribution in [0.25, 0.3) is 0 Å². The molecule has 1 aromatic carbocycles. The van der Waals surface area contributed by atoms with Crippen LogP contribution >= 0.6 is 15.9 Å². The SMILES string of the molecule is COC1(CNCC(O)COc2cccc(Br)c2)CCC1. The van der Waals surface area contributed by atoms with Crippen molar-refractivity contribution in [1.82, 2.24) is 5.32 Å². The van der Waals surface area contributed by atoms with Gasteiger partial charge in [0.05, 0.1) is 5.60 Å². The van der Waals surface area contributed by atoms with Gasteiger partial charge in [-0.25, -0.2) is 0 Å². The summed E-state index contributed by atoms with van der Waals surface area (Å²) in [6.07, 6.45) is 2.90. The van der Waals surface area contributed by atoms with Crippen LogP contribution in [0.5, 0.6) is 5.75 Å². The summed E-state index contributed by atoms with van der Waals surface area (Å²) in [7, 11) is 1.76. The fraction of sp³-hybridized carbons (Fsp3) is 0.600. The number of halogens is 1. The minimum Gasteiger partial charge on any atom is -0.491 e. The number of hydrogen-bond acceptors (Lipinski definition) is 4. The molecule has 112 valence electrons. The van der Waals surface area contributed by atoms with Crippen molar-refractivity contribution < 1.29 is 14.6 Å². The van der Waals surface area contributed by atoms with Gasteiger partial charge >= 0.3 is 0 Å². The Bertz CT molecular complexity index is 418. The molecular formula is C15H22BrNO3. The van der Waals surface area contributed by atoms with Crippen LogP contribution in [0.15, 0.2) is 28.7 Å². The number of ether oxygens (including phenoxy) is 2. The van der Waals surface area contributed by atoms with Crippen molar-refractivity contribution in [3.63, 3.8) is 0 Å². The van der Waals surface area contributed by atoms with E-state index in [-0.39, 0.29) is 12.2 Å². The van der Waals surface area contributed by atoms with Gasteiger partial charge in [-0.05, 0) is 37.5 Å². The van der Waals surface area contributed by atoms with E-state index < -0.39 is 6.10 Å². The predicted octanol–water partition coefficient (Wildman–Crippen LogP) is 2.35. The lowest BCUT2D eigenvalue weighted by atomic mass is 9.80. The third-order valence-electron chi connectivity index (χ3n) is 3.76. The molecule has 0 radical (unpaired) electrons. The van der Waals surface area contributed by atoms with E-state index in [0.29, 0.717) is 6.54 Å². The van der Waals surface area contributed by atoms with Crippen molar-refractivity contribution in [2.45, 2.75) is 31.0 Å². The van der Waals surface area contributed by atoms with E-state index >= 15 is 0 Å². The molecule has 1 atom stereocenters. The molecule has 1 saturated carbocycles. The number of aliphatic hydroxyl groups excluding tert-OH is 1. The summed E-state index contributed by atoms with van der Waals surface area (Å²) < 4.78 is 12.0. The molecule has 20 heavy (non-hydrogen) atoms. The largest absolute Gasteiger partial charge is 0.491 e. The number of aliphatic hydroxyl groups is 1. The summed E-state index contributed by atoms with van der Waals surface area (Å²) in [6, 6.07) is 7.60. The Morgan fingerprint density at radius 2 is 2.25 bits per heavy atom. The molecule has 2 N–H and O–H groups in total. The minimum absolute atomic E-state index is 0.00906. The zero-order chi connectivity index (χ0) is 14.4. The average molecular weight is 344 g/mol. The Kier molecular flexibility index (Phi) is 5.84. The molecule has 0 aromatic heterocycles. The van der Waals surface area contributed by atoms with Gasteiger partial charge in [-0.2, -0.15) is 0 Å². The Hall–Kier alpha value is -0.620. The third-order valence-corrected chi connectivity index (χ3v) is 4.26. The van der Waals surface area contributed by atoms with Gasteiger partial charge in [-0.1, -0.05) is 22.0 Å². The molecule has 0 bridgehead atoms. The van der Waals surface area contributed by atoms with Gasteiger partial charge < -0.3 is 19.9 Å². The highest BCUT2D eigenvalue weighted by Crippen LogP contribution is 2.34. The summed E-state index contributed by atoms with van der Waals surface area (Å²) in [4.78, 5) is 0. The first-order valence-corrected chi connectivity index (χ1v) is 7.75. The fourth-order valence-corrected chi connectivity index (χ4v) is 2.68. The molecule has 1 unspecified atom stereocenters. The van der Waals surface area contributed by atoms with E-state index in [9.17, 15) is 5.11 Å². The zero-order valence-corrected chi connectivity index (χ0v) is 13.4. The van der Waals surface area contributed by atoms with E-state index in [4.69, 9.17) is 9.47 Å². The summed E-state index contributed by atoms with van der Waals surface area (Å²) >= 11 is 3.39. The van der Waals surface area contributed by atoms with E-state index in [1.54, 1.807) is 7.11 Å². The van der Waals surface area contributed by atoms with Crippen LogP contribution in [-0.4, -0.2) is 43.6 Å². The summed E-state index contributed by atoms with van der Waals surface area (Å²) in [5, 5.41) is 13.2. The number of benzene rings is 1. The summed E-state index contributed by atoms with van der Waals surface area (Å²) in [5.41, 5.74) is -0.00906. The van der Waals surface area contributed by atoms with E-state index in [1.165, 1.54) is 6.42 Å². The van der Waals surface area contributed by atoms with Crippen LogP contribution in [0.4, 0.5) is 0 Å². The number of nitrogens with one attached hydrogen (secondary N) is 1. The highest BCUT2D eigenvalue weighted by atomic mass is 79.9. The molecule has 5 heteroatoms. The molecule has 1 aliphatic carbocycles. The lowest BCUT2D eigenvalue weighted by Crippen LogP contribution is -2.49. The van der Waals surface area contributed by atoms with Gasteiger partial charge in [0.15, 0.2) is 0 Å². The first-order valence-electron chi connectivity index (χ1n) is 6.96.